The molecule has 0 aromatic carbocycles. The standard InChI is InChI=1S/C15H21N5O2/c1-11-8-20(7-6-19-5-4-16-10-19)9-13(21-11)15-17-14(18-22-15)12-2-3-12/h4-5,10-13H,2-3,6-9H2,1H3/t11-,13-/m1/s1. The lowest BCUT2D eigenvalue weighted by Gasteiger charge is -2.35. The van der Waals surface area contributed by atoms with Crippen LogP contribution in [0, 0.1) is 0 Å². The van der Waals surface area contributed by atoms with Gasteiger partial charge in [-0.15, -0.1) is 0 Å². The van der Waals surface area contributed by atoms with Crippen LogP contribution in [-0.4, -0.2) is 50.3 Å². The molecular weight excluding hydrogens is 282 g/mol. The molecule has 118 valence electrons. The van der Waals surface area contributed by atoms with Crippen molar-refractivity contribution in [1.29, 1.82) is 0 Å². The number of imidazole rings is 1. The summed E-state index contributed by atoms with van der Waals surface area (Å²) in [5.74, 6) is 1.98. The van der Waals surface area contributed by atoms with Crippen LogP contribution >= 0.6 is 0 Å². The summed E-state index contributed by atoms with van der Waals surface area (Å²) in [4.78, 5) is 11.0. The lowest BCUT2D eigenvalue weighted by molar-refractivity contribution is -0.0912. The van der Waals surface area contributed by atoms with E-state index in [1.807, 2.05) is 18.7 Å². The van der Waals surface area contributed by atoms with Crippen LogP contribution in [0.1, 0.15) is 43.5 Å². The van der Waals surface area contributed by atoms with Crippen molar-refractivity contribution in [2.24, 2.45) is 0 Å². The Balaban J connectivity index is 1.39. The van der Waals surface area contributed by atoms with E-state index in [-0.39, 0.29) is 12.2 Å². The summed E-state index contributed by atoms with van der Waals surface area (Å²) < 4.78 is 13.5. The van der Waals surface area contributed by atoms with Crippen molar-refractivity contribution in [3.05, 3.63) is 30.4 Å². The van der Waals surface area contributed by atoms with Crippen molar-refractivity contribution in [1.82, 2.24) is 24.6 Å². The average molecular weight is 303 g/mol. The molecular formula is C15H21N5O2. The van der Waals surface area contributed by atoms with Crippen molar-refractivity contribution >= 4 is 0 Å². The summed E-state index contributed by atoms with van der Waals surface area (Å²) in [6.45, 7) is 5.70. The zero-order chi connectivity index (χ0) is 14.9. The molecule has 0 spiro atoms. The quantitative estimate of drug-likeness (QED) is 0.836. The minimum absolute atomic E-state index is 0.119. The molecule has 4 rings (SSSR count). The smallest absolute Gasteiger partial charge is 0.257 e. The second-order valence-electron chi connectivity index (χ2n) is 6.26. The minimum atomic E-state index is -0.119. The Bertz CT molecular complexity index is 607. The zero-order valence-electron chi connectivity index (χ0n) is 12.8. The van der Waals surface area contributed by atoms with E-state index in [0.717, 1.165) is 32.0 Å². The van der Waals surface area contributed by atoms with Crippen molar-refractivity contribution in [2.45, 2.75) is 44.4 Å². The second kappa shape index (κ2) is 5.81. The molecule has 2 atom stereocenters. The van der Waals surface area contributed by atoms with Gasteiger partial charge in [-0.1, -0.05) is 5.16 Å². The molecule has 7 heteroatoms. The van der Waals surface area contributed by atoms with E-state index in [1.54, 1.807) is 0 Å². The van der Waals surface area contributed by atoms with Crippen LogP contribution in [0.15, 0.2) is 23.2 Å². The number of hydrogen-bond acceptors (Lipinski definition) is 6. The third-order valence-electron chi connectivity index (χ3n) is 4.24. The Hall–Kier alpha value is -1.73. The molecule has 0 radical (unpaired) electrons. The highest BCUT2D eigenvalue weighted by Gasteiger charge is 2.33. The normalized spacial score (nSPS) is 26.4. The van der Waals surface area contributed by atoms with Crippen LogP contribution in [0.4, 0.5) is 0 Å². The van der Waals surface area contributed by atoms with Gasteiger partial charge in [0.15, 0.2) is 5.82 Å². The number of hydrogen-bond donors (Lipinski definition) is 0. The average Bonchev–Trinajstić information content (AvgIpc) is 3.03. The Labute approximate surface area is 129 Å². The van der Waals surface area contributed by atoms with E-state index in [4.69, 9.17) is 9.26 Å². The molecule has 0 unspecified atom stereocenters. The molecule has 1 aliphatic heterocycles. The van der Waals surface area contributed by atoms with Crippen LogP contribution < -0.4 is 0 Å². The Morgan fingerprint density at radius 1 is 1.27 bits per heavy atom. The fourth-order valence-corrected chi connectivity index (χ4v) is 2.92. The van der Waals surface area contributed by atoms with Gasteiger partial charge in [-0.25, -0.2) is 4.98 Å². The first kappa shape index (κ1) is 13.9. The maximum absolute atomic E-state index is 6.00. The van der Waals surface area contributed by atoms with E-state index < -0.39 is 0 Å². The van der Waals surface area contributed by atoms with E-state index in [2.05, 4.69) is 31.5 Å². The third-order valence-corrected chi connectivity index (χ3v) is 4.24. The predicted octanol–water partition coefficient (Wildman–Crippen LogP) is 1.61. The van der Waals surface area contributed by atoms with Gasteiger partial charge in [0.25, 0.3) is 5.89 Å². The number of ether oxygens (including phenoxy) is 1. The second-order valence-corrected chi connectivity index (χ2v) is 6.26. The summed E-state index contributed by atoms with van der Waals surface area (Å²) >= 11 is 0. The third kappa shape index (κ3) is 3.05. The molecule has 22 heavy (non-hydrogen) atoms. The van der Waals surface area contributed by atoms with E-state index >= 15 is 0 Å². The Morgan fingerprint density at radius 3 is 2.95 bits per heavy atom. The molecule has 2 fully saturated rings. The maximum Gasteiger partial charge on any atom is 0.257 e. The van der Waals surface area contributed by atoms with Crippen LogP contribution in [0.2, 0.25) is 0 Å². The summed E-state index contributed by atoms with van der Waals surface area (Å²) in [7, 11) is 0. The highest BCUT2D eigenvalue weighted by Crippen LogP contribution is 2.38. The first-order valence-corrected chi connectivity index (χ1v) is 7.95. The molecule has 1 saturated carbocycles. The Morgan fingerprint density at radius 2 is 2.18 bits per heavy atom. The van der Waals surface area contributed by atoms with Crippen LogP contribution in [0.3, 0.4) is 0 Å². The van der Waals surface area contributed by atoms with Gasteiger partial charge < -0.3 is 13.8 Å². The van der Waals surface area contributed by atoms with Gasteiger partial charge in [-0.05, 0) is 19.8 Å². The van der Waals surface area contributed by atoms with Crippen LogP contribution in [0.5, 0.6) is 0 Å². The van der Waals surface area contributed by atoms with Gasteiger partial charge >= 0.3 is 0 Å². The molecule has 0 N–H and O–H groups in total. The lowest BCUT2D eigenvalue weighted by Crippen LogP contribution is -2.44. The molecule has 2 aromatic heterocycles. The van der Waals surface area contributed by atoms with Crippen molar-refractivity contribution in [3.8, 4) is 0 Å². The molecule has 7 nitrogen and oxygen atoms in total. The molecule has 1 saturated heterocycles. The van der Waals surface area contributed by atoms with Gasteiger partial charge in [0.1, 0.15) is 6.10 Å². The number of rotatable bonds is 5. The van der Waals surface area contributed by atoms with Gasteiger partial charge in [0.05, 0.1) is 12.4 Å². The maximum atomic E-state index is 6.00. The largest absolute Gasteiger partial charge is 0.363 e. The lowest BCUT2D eigenvalue weighted by atomic mass is 10.2. The van der Waals surface area contributed by atoms with E-state index in [0.29, 0.717) is 11.8 Å². The summed E-state index contributed by atoms with van der Waals surface area (Å²) in [5, 5.41) is 4.09. The minimum Gasteiger partial charge on any atom is -0.363 e. The van der Waals surface area contributed by atoms with Crippen molar-refractivity contribution in [3.63, 3.8) is 0 Å². The molecule has 2 aliphatic rings. The number of aromatic nitrogens is 4. The fourth-order valence-electron chi connectivity index (χ4n) is 2.92. The highest BCUT2D eigenvalue weighted by atomic mass is 16.5. The summed E-state index contributed by atoms with van der Waals surface area (Å²) in [5.41, 5.74) is 0. The monoisotopic (exact) mass is 303 g/mol. The fraction of sp³-hybridized carbons (Fsp3) is 0.667. The Kier molecular flexibility index (Phi) is 3.67. The van der Waals surface area contributed by atoms with Crippen LogP contribution in [0.25, 0.3) is 0 Å². The molecule has 1 aliphatic carbocycles. The van der Waals surface area contributed by atoms with Crippen molar-refractivity contribution < 1.29 is 9.26 Å². The molecule has 0 bridgehead atoms. The summed E-state index contributed by atoms with van der Waals surface area (Å²) in [6, 6.07) is 0. The van der Waals surface area contributed by atoms with Gasteiger partial charge in [-0.2, -0.15) is 4.98 Å². The summed E-state index contributed by atoms with van der Waals surface area (Å²) in [6.07, 6.45) is 8.05. The first-order chi connectivity index (χ1) is 10.8. The molecule has 3 heterocycles. The first-order valence-electron chi connectivity index (χ1n) is 7.95. The van der Waals surface area contributed by atoms with Crippen LogP contribution in [-0.2, 0) is 11.3 Å². The predicted molar refractivity (Wildman–Crippen MR) is 78.2 cm³/mol. The SMILES string of the molecule is C[C@@H]1CN(CCn2ccnc2)C[C@H](c2nc(C3CC3)no2)O1. The van der Waals surface area contributed by atoms with E-state index in [1.165, 1.54) is 12.8 Å². The molecule has 0 amide bonds. The van der Waals surface area contributed by atoms with Gasteiger partial charge in [0, 0.05) is 44.5 Å². The van der Waals surface area contributed by atoms with E-state index in [9.17, 15) is 0 Å². The van der Waals surface area contributed by atoms with Crippen molar-refractivity contribution in [2.75, 3.05) is 19.6 Å². The van der Waals surface area contributed by atoms with Gasteiger partial charge in [-0.3, -0.25) is 4.90 Å². The van der Waals surface area contributed by atoms with Gasteiger partial charge in [0.2, 0.25) is 0 Å². The number of morpholine rings is 1. The highest BCUT2D eigenvalue weighted by molar-refractivity contribution is 5.05. The zero-order valence-corrected chi connectivity index (χ0v) is 12.8. The number of nitrogens with zero attached hydrogens (tertiary/aromatic N) is 5. The topological polar surface area (TPSA) is 69.2 Å². The molecule has 2 aromatic rings.